The number of nitrogen functional groups attached to an aromatic ring is 1. The molecule has 0 aliphatic heterocycles. The second-order valence-electron chi connectivity index (χ2n) is 3.74. The lowest BCUT2D eigenvalue weighted by atomic mass is 10.2. The van der Waals surface area contributed by atoms with E-state index >= 15 is 0 Å². The summed E-state index contributed by atoms with van der Waals surface area (Å²) < 4.78 is 12.8. The van der Waals surface area contributed by atoms with Crippen molar-refractivity contribution < 1.29 is 4.39 Å². The fourth-order valence-corrected chi connectivity index (χ4v) is 1.67. The number of hydrogen-bond donors (Lipinski definition) is 3. The van der Waals surface area contributed by atoms with E-state index in [1.165, 1.54) is 12.1 Å². The standard InChI is InChI=1S/C11H8FN5O/c12-6-3-1-5(2-4-6)8-14-7-9(15-8)16-11(13)17-10(7)18/h1-4H,(H4,13,14,15,16,17,18). The van der Waals surface area contributed by atoms with E-state index in [1.54, 1.807) is 12.1 Å². The van der Waals surface area contributed by atoms with Crippen molar-refractivity contribution in [3.8, 4) is 11.4 Å². The maximum Gasteiger partial charge on any atom is 0.278 e. The quantitative estimate of drug-likeness (QED) is 0.596. The summed E-state index contributed by atoms with van der Waals surface area (Å²) in [5.74, 6) is 0.105. The normalized spacial score (nSPS) is 10.9. The van der Waals surface area contributed by atoms with Crippen LogP contribution < -0.4 is 11.3 Å². The van der Waals surface area contributed by atoms with Gasteiger partial charge < -0.3 is 10.7 Å². The van der Waals surface area contributed by atoms with E-state index in [2.05, 4.69) is 19.9 Å². The number of nitrogens with one attached hydrogen (secondary N) is 2. The number of imidazole rings is 1. The number of rotatable bonds is 1. The van der Waals surface area contributed by atoms with Crippen LogP contribution in [0.5, 0.6) is 0 Å². The first-order valence-electron chi connectivity index (χ1n) is 5.15. The minimum atomic E-state index is -0.390. The Balaban J connectivity index is 2.22. The molecule has 0 fully saturated rings. The highest BCUT2D eigenvalue weighted by Gasteiger charge is 2.10. The first-order valence-corrected chi connectivity index (χ1v) is 5.15. The highest BCUT2D eigenvalue weighted by Crippen LogP contribution is 2.18. The van der Waals surface area contributed by atoms with Gasteiger partial charge >= 0.3 is 0 Å². The molecular weight excluding hydrogens is 237 g/mol. The minimum Gasteiger partial charge on any atom is -0.369 e. The van der Waals surface area contributed by atoms with Gasteiger partial charge in [0.2, 0.25) is 5.95 Å². The number of anilines is 1. The van der Waals surface area contributed by atoms with Gasteiger partial charge in [0.1, 0.15) is 11.6 Å². The summed E-state index contributed by atoms with van der Waals surface area (Å²) in [5, 5.41) is 0. The van der Waals surface area contributed by atoms with Crippen LogP contribution in [0.1, 0.15) is 0 Å². The molecular formula is C11H8FN5O. The van der Waals surface area contributed by atoms with Crippen molar-refractivity contribution in [2.45, 2.75) is 0 Å². The molecule has 0 saturated heterocycles. The molecule has 1 aromatic carbocycles. The Morgan fingerprint density at radius 2 is 1.83 bits per heavy atom. The smallest absolute Gasteiger partial charge is 0.278 e. The number of nitrogens with two attached hydrogens (primary N) is 1. The first-order chi connectivity index (χ1) is 8.63. The van der Waals surface area contributed by atoms with Crippen LogP contribution in [0.2, 0.25) is 0 Å². The zero-order valence-corrected chi connectivity index (χ0v) is 9.07. The van der Waals surface area contributed by atoms with E-state index in [-0.39, 0.29) is 22.9 Å². The molecule has 90 valence electrons. The minimum absolute atomic E-state index is 0.00431. The van der Waals surface area contributed by atoms with Crippen molar-refractivity contribution in [1.29, 1.82) is 0 Å². The van der Waals surface area contributed by atoms with Gasteiger partial charge in [-0.05, 0) is 24.3 Å². The van der Waals surface area contributed by atoms with E-state index in [4.69, 9.17) is 5.73 Å². The molecule has 18 heavy (non-hydrogen) atoms. The van der Waals surface area contributed by atoms with Crippen LogP contribution in [-0.4, -0.2) is 19.9 Å². The Morgan fingerprint density at radius 3 is 2.56 bits per heavy atom. The van der Waals surface area contributed by atoms with Gasteiger partial charge in [0.15, 0.2) is 11.2 Å². The molecule has 7 heteroatoms. The van der Waals surface area contributed by atoms with Crippen molar-refractivity contribution in [2.24, 2.45) is 0 Å². The largest absolute Gasteiger partial charge is 0.369 e. The third kappa shape index (κ3) is 1.61. The van der Waals surface area contributed by atoms with Crippen molar-refractivity contribution in [3.63, 3.8) is 0 Å². The number of H-pyrrole nitrogens is 2. The lowest BCUT2D eigenvalue weighted by molar-refractivity contribution is 0.628. The highest BCUT2D eigenvalue weighted by atomic mass is 19.1. The number of aromatic nitrogens is 4. The lowest BCUT2D eigenvalue weighted by Gasteiger charge is -1.94. The summed E-state index contributed by atoms with van der Waals surface area (Å²) in [4.78, 5) is 24.8. The first kappa shape index (κ1) is 10.5. The van der Waals surface area contributed by atoms with E-state index in [1.807, 2.05) is 0 Å². The molecule has 2 aromatic heterocycles. The number of benzene rings is 1. The fraction of sp³-hybridized carbons (Fsp3) is 0. The van der Waals surface area contributed by atoms with E-state index in [9.17, 15) is 9.18 Å². The van der Waals surface area contributed by atoms with E-state index < -0.39 is 5.56 Å². The number of nitrogens with zero attached hydrogens (tertiary/aromatic N) is 2. The Labute approximate surface area is 99.7 Å². The van der Waals surface area contributed by atoms with Gasteiger partial charge in [0.25, 0.3) is 5.56 Å². The summed E-state index contributed by atoms with van der Waals surface area (Å²) >= 11 is 0. The summed E-state index contributed by atoms with van der Waals surface area (Å²) in [6.45, 7) is 0. The van der Waals surface area contributed by atoms with Crippen LogP contribution >= 0.6 is 0 Å². The van der Waals surface area contributed by atoms with Crippen LogP contribution in [-0.2, 0) is 0 Å². The van der Waals surface area contributed by atoms with Gasteiger partial charge in [-0.15, -0.1) is 0 Å². The SMILES string of the molecule is Nc1nc2nc(-c3ccc(F)cc3)[nH]c2c(=O)[nH]1. The Hall–Kier alpha value is -2.70. The average Bonchev–Trinajstić information content (AvgIpc) is 2.74. The molecule has 0 saturated carbocycles. The maximum atomic E-state index is 12.8. The van der Waals surface area contributed by atoms with Crippen molar-refractivity contribution in [1.82, 2.24) is 19.9 Å². The van der Waals surface area contributed by atoms with Gasteiger partial charge in [-0.3, -0.25) is 9.78 Å². The van der Waals surface area contributed by atoms with Gasteiger partial charge in [0, 0.05) is 5.56 Å². The van der Waals surface area contributed by atoms with Crippen molar-refractivity contribution >= 4 is 17.1 Å². The van der Waals surface area contributed by atoms with Crippen LogP contribution in [0.15, 0.2) is 29.1 Å². The predicted molar refractivity (Wildman–Crippen MR) is 64.3 cm³/mol. The topological polar surface area (TPSA) is 100 Å². The lowest BCUT2D eigenvalue weighted by Crippen LogP contribution is -2.10. The van der Waals surface area contributed by atoms with Crippen LogP contribution in [0.4, 0.5) is 10.3 Å². The molecule has 0 amide bonds. The third-order valence-corrected chi connectivity index (χ3v) is 2.50. The zero-order chi connectivity index (χ0) is 12.7. The molecule has 0 aliphatic carbocycles. The molecule has 0 bridgehead atoms. The second-order valence-corrected chi connectivity index (χ2v) is 3.74. The van der Waals surface area contributed by atoms with Crippen LogP contribution in [0.25, 0.3) is 22.6 Å². The van der Waals surface area contributed by atoms with Gasteiger partial charge in [-0.1, -0.05) is 0 Å². The Bertz CT molecular complexity index is 774. The molecule has 0 atom stereocenters. The Kier molecular flexibility index (Phi) is 2.12. The molecule has 2 heterocycles. The molecule has 4 N–H and O–H groups in total. The number of halogens is 1. The molecule has 0 spiro atoms. The molecule has 0 aliphatic rings. The second kappa shape index (κ2) is 3.66. The molecule has 3 rings (SSSR count). The monoisotopic (exact) mass is 245 g/mol. The third-order valence-electron chi connectivity index (χ3n) is 2.50. The maximum absolute atomic E-state index is 12.8. The predicted octanol–water partition coefficient (Wildman–Crippen LogP) is 1.03. The molecule has 6 nitrogen and oxygen atoms in total. The summed E-state index contributed by atoms with van der Waals surface area (Å²) in [5.41, 5.74) is 6.16. The summed E-state index contributed by atoms with van der Waals surface area (Å²) in [6, 6.07) is 5.75. The number of hydrogen-bond acceptors (Lipinski definition) is 4. The van der Waals surface area contributed by atoms with Gasteiger partial charge in [-0.25, -0.2) is 9.37 Å². The summed E-state index contributed by atoms with van der Waals surface area (Å²) in [7, 11) is 0. The number of fused-ring (bicyclic) bond motifs is 1. The van der Waals surface area contributed by atoms with Gasteiger partial charge in [-0.2, -0.15) is 4.98 Å². The zero-order valence-electron chi connectivity index (χ0n) is 9.07. The highest BCUT2D eigenvalue weighted by molar-refractivity contribution is 5.75. The average molecular weight is 245 g/mol. The number of aromatic amines is 2. The van der Waals surface area contributed by atoms with E-state index in [0.717, 1.165) is 0 Å². The Morgan fingerprint density at radius 1 is 1.11 bits per heavy atom. The van der Waals surface area contributed by atoms with Crippen LogP contribution in [0.3, 0.4) is 0 Å². The van der Waals surface area contributed by atoms with Crippen LogP contribution in [0, 0.1) is 5.82 Å². The summed E-state index contributed by atoms with van der Waals surface area (Å²) in [6.07, 6.45) is 0. The van der Waals surface area contributed by atoms with Gasteiger partial charge in [0.05, 0.1) is 0 Å². The van der Waals surface area contributed by atoms with Crippen molar-refractivity contribution in [3.05, 3.63) is 40.4 Å². The fourth-order valence-electron chi connectivity index (χ4n) is 1.67. The molecule has 0 unspecified atom stereocenters. The molecule has 3 aromatic rings. The molecule has 0 radical (unpaired) electrons. The van der Waals surface area contributed by atoms with E-state index in [0.29, 0.717) is 11.4 Å². The van der Waals surface area contributed by atoms with Crippen molar-refractivity contribution in [2.75, 3.05) is 5.73 Å².